The van der Waals surface area contributed by atoms with Gasteiger partial charge in [0.2, 0.25) is 5.91 Å². The Morgan fingerprint density at radius 1 is 1.10 bits per heavy atom. The van der Waals surface area contributed by atoms with Gasteiger partial charge in [-0.15, -0.1) is 0 Å². The normalized spacial score (nSPS) is 11.1. The second kappa shape index (κ2) is 5.52. The lowest BCUT2D eigenvalue weighted by atomic mass is 10.2. The van der Waals surface area contributed by atoms with Crippen LogP contribution in [0.2, 0.25) is 5.02 Å². The van der Waals surface area contributed by atoms with Crippen molar-refractivity contribution in [2.75, 3.05) is 4.72 Å². The van der Waals surface area contributed by atoms with E-state index in [2.05, 4.69) is 4.72 Å². The maximum atomic E-state index is 12.2. The summed E-state index contributed by atoms with van der Waals surface area (Å²) in [5, 5.41) is 0.117. The van der Waals surface area contributed by atoms with Crippen molar-refractivity contribution in [3.63, 3.8) is 0 Å². The number of hydrogen-bond acceptors (Lipinski definition) is 3. The number of halogens is 1. The van der Waals surface area contributed by atoms with E-state index in [0.29, 0.717) is 0 Å². The lowest BCUT2D eigenvalue weighted by Crippen LogP contribution is -2.15. The second-order valence-corrected chi connectivity index (χ2v) is 6.04. The number of primary amides is 1. The minimum atomic E-state index is -3.82. The zero-order chi connectivity index (χ0) is 14.8. The maximum Gasteiger partial charge on any atom is 0.263 e. The van der Waals surface area contributed by atoms with E-state index < -0.39 is 15.9 Å². The van der Waals surface area contributed by atoms with Crippen LogP contribution in [-0.4, -0.2) is 14.3 Å². The molecule has 0 aliphatic carbocycles. The average Bonchev–Trinajstić information content (AvgIpc) is 2.38. The summed E-state index contributed by atoms with van der Waals surface area (Å²) in [6, 6.07) is 12.0. The molecule has 0 heterocycles. The molecule has 5 nitrogen and oxygen atoms in total. The van der Waals surface area contributed by atoms with E-state index in [0.717, 1.165) is 0 Å². The van der Waals surface area contributed by atoms with E-state index >= 15 is 0 Å². The standard InChI is InChI=1S/C13H11ClN2O3S/c14-11-6-1-2-7-12(11)20(18,19)16-10-5-3-4-9(8-10)13(15)17/h1-8,16H,(H2,15,17). The number of amides is 1. The summed E-state index contributed by atoms with van der Waals surface area (Å²) in [5.74, 6) is -0.635. The molecule has 0 atom stereocenters. The Morgan fingerprint density at radius 2 is 1.80 bits per heavy atom. The molecule has 7 heteroatoms. The highest BCUT2D eigenvalue weighted by Crippen LogP contribution is 2.23. The van der Waals surface area contributed by atoms with Crippen LogP contribution in [-0.2, 0) is 10.0 Å². The van der Waals surface area contributed by atoms with Crippen molar-refractivity contribution < 1.29 is 13.2 Å². The Kier molecular flexibility index (Phi) is 3.96. The van der Waals surface area contributed by atoms with Gasteiger partial charge < -0.3 is 5.73 Å². The molecule has 0 aliphatic heterocycles. The first-order valence-electron chi connectivity index (χ1n) is 5.57. The van der Waals surface area contributed by atoms with Crippen molar-refractivity contribution in [3.8, 4) is 0 Å². The van der Waals surface area contributed by atoms with Gasteiger partial charge in [-0.2, -0.15) is 0 Å². The van der Waals surface area contributed by atoms with Gasteiger partial charge in [-0.25, -0.2) is 8.42 Å². The fraction of sp³-hybridized carbons (Fsp3) is 0. The number of nitrogens with one attached hydrogen (secondary N) is 1. The molecule has 3 N–H and O–H groups in total. The summed E-state index contributed by atoms with van der Waals surface area (Å²) in [7, 11) is -3.82. The summed E-state index contributed by atoms with van der Waals surface area (Å²) in [4.78, 5) is 11.0. The number of hydrogen-bond donors (Lipinski definition) is 2. The van der Waals surface area contributed by atoms with Gasteiger partial charge in [0.05, 0.1) is 5.02 Å². The Bertz CT molecular complexity index is 760. The highest BCUT2D eigenvalue weighted by molar-refractivity contribution is 7.92. The van der Waals surface area contributed by atoms with Gasteiger partial charge in [0.15, 0.2) is 0 Å². The predicted molar refractivity (Wildman–Crippen MR) is 77.2 cm³/mol. The van der Waals surface area contributed by atoms with Crippen LogP contribution < -0.4 is 10.5 Å². The summed E-state index contributed by atoms with van der Waals surface area (Å²) in [5.41, 5.74) is 5.59. The molecular weight excluding hydrogens is 300 g/mol. The first-order chi connectivity index (χ1) is 9.40. The molecule has 0 saturated carbocycles. The molecule has 1 amide bonds. The lowest BCUT2D eigenvalue weighted by Gasteiger charge is -2.09. The Labute approximate surface area is 121 Å². The van der Waals surface area contributed by atoms with Crippen LogP contribution in [0, 0.1) is 0 Å². The number of carbonyl (C=O) groups is 1. The molecule has 20 heavy (non-hydrogen) atoms. The SMILES string of the molecule is NC(=O)c1cccc(NS(=O)(=O)c2ccccc2Cl)c1. The average molecular weight is 311 g/mol. The van der Waals surface area contributed by atoms with E-state index in [1.54, 1.807) is 12.1 Å². The van der Waals surface area contributed by atoms with Gasteiger partial charge in [-0.05, 0) is 30.3 Å². The summed E-state index contributed by atoms with van der Waals surface area (Å²) in [6.07, 6.45) is 0. The Balaban J connectivity index is 2.36. The third-order valence-electron chi connectivity index (χ3n) is 2.53. The van der Waals surface area contributed by atoms with E-state index in [1.807, 2.05) is 0 Å². The summed E-state index contributed by atoms with van der Waals surface area (Å²) < 4.78 is 26.7. The van der Waals surface area contributed by atoms with E-state index in [4.69, 9.17) is 17.3 Å². The molecule has 0 bridgehead atoms. The number of rotatable bonds is 4. The number of sulfonamides is 1. The van der Waals surface area contributed by atoms with Crippen molar-refractivity contribution in [2.45, 2.75) is 4.90 Å². The third kappa shape index (κ3) is 3.09. The first-order valence-corrected chi connectivity index (χ1v) is 7.43. The fourth-order valence-electron chi connectivity index (χ4n) is 1.61. The van der Waals surface area contributed by atoms with Crippen LogP contribution in [0.1, 0.15) is 10.4 Å². The third-order valence-corrected chi connectivity index (χ3v) is 4.41. The smallest absolute Gasteiger partial charge is 0.263 e. The maximum absolute atomic E-state index is 12.2. The second-order valence-electron chi connectivity index (χ2n) is 3.98. The van der Waals surface area contributed by atoms with Crippen LogP contribution in [0.3, 0.4) is 0 Å². The summed E-state index contributed by atoms with van der Waals surface area (Å²) in [6.45, 7) is 0. The van der Waals surface area contributed by atoms with E-state index in [-0.39, 0.29) is 21.2 Å². The zero-order valence-electron chi connectivity index (χ0n) is 10.2. The number of carbonyl (C=O) groups excluding carboxylic acids is 1. The molecule has 0 fully saturated rings. The quantitative estimate of drug-likeness (QED) is 0.907. The van der Waals surface area contributed by atoms with Crippen LogP contribution >= 0.6 is 11.6 Å². The van der Waals surface area contributed by atoms with Crippen molar-refractivity contribution in [1.82, 2.24) is 0 Å². The molecule has 0 spiro atoms. The molecule has 0 aromatic heterocycles. The monoisotopic (exact) mass is 310 g/mol. The van der Waals surface area contributed by atoms with Crippen LogP contribution in [0.15, 0.2) is 53.4 Å². The van der Waals surface area contributed by atoms with Crippen LogP contribution in [0.5, 0.6) is 0 Å². The molecular formula is C13H11ClN2O3S. The van der Waals surface area contributed by atoms with Crippen LogP contribution in [0.25, 0.3) is 0 Å². The van der Waals surface area contributed by atoms with Crippen molar-refractivity contribution in [3.05, 3.63) is 59.1 Å². The molecule has 2 aromatic carbocycles. The highest BCUT2D eigenvalue weighted by Gasteiger charge is 2.17. The first kappa shape index (κ1) is 14.4. The number of anilines is 1. The molecule has 0 aliphatic rings. The van der Waals surface area contributed by atoms with Crippen LogP contribution in [0.4, 0.5) is 5.69 Å². The Hall–Kier alpha value is -2.05. The van der Waals surface area contributed by atoms with Gasteiger partial charge in [-0.1, -0.05) is 29.8 Å². The van der Waals surface area contributed by atoms with Gasteiger partial charge in [-0.3, -0.25) is 9.52 Å². The largest absolute Gasteiger partial charge is 0.366 e. The molecule has 0 unspecified atom stereocenters. The minimum Gasteiger partial charge on any atom is -0.366 e. The number of benzene rings is 2. The van der Waals surface area contributed by atoms with Gasteiger partial charge in [0.1, 0.15) is 4.90 Å². The Morgan fingerprint density at radius 3 is 2.45 bits per heavy atom. The topological polar surface area (TPSA) is 89.3 Å². The minimum absolute atomic E-state index is 0.0360. The van der Waals surface area contributed by atoms with Gasteiger partial charge in [0, 0.05) is 11.3 Å². The zero-order valence-corrected chi connectivity index (χ0v) is 11.8. The van der Waals surface area contributed by atoms with E-state index in [9.17, 15) is 13.2 Å². The van der Waals surface area contributed by atoms with Gasteiger partial charge >= 0.3 is 0 Å². The van der Waals surface area contributed by atoms with Gasteiger partial charge in [0.25, 0.3) is 10.0 Å². The van der Waals surface area contributed by atoms with Crippen molar-refractivity contribution in [1.29, 1.82) is 0 Å². The van der Waals surface area contributed by atoms with Crippen molar-refractivity contribution in [2.24, 2.45) is 5.73 Å². The molecule has 0 radical (unpaired) electrons. The lowest BCUT2D eigenvalue weighted by molar-refractivity contribution is 0.100. The molecule has 0 saturated heterocycles. The molecule has 2 rings (SSSR count). The summed E-state index contributed by atoms with van der Waals surface area (Å²) >= 11 is 5.86. The molecule has 2 aromatic rings. The molecule has 104 valence electrons. The van der Waals surface area contributed by atoms with E-state index in [1.165, 1.54) is 36.4 Å². The van der Waals surface area contributed by atoms with Crippen molar-refractivity contribution >= 4 is 33.2 Å². The highest BCUT2D eigenvalue weighted by atomic mass is 35.5. The number of nitrogens with two attached hydrogens (primary N) is 1. The fourth-order valence-corrected chi connectivity index (χ4v) is 3.18. The predicted octanol–water partition coefficient (Wildman–Crippen LogP) is 2.24.